The van der Waals surface area contributed by atoms with Crippen LogP contribution in [-0.4, -0.2) is 13.8 Å². The summed E-state index contributed by atoms with van der Waals surface area (Å²) in [4.78, 5) is 3.75. The van der Waals surface area contributed by atoms with Crippen LogP contribution in [0, 0.1) is 0 Å². The molecule has 1 rings (SSSR count). The lowest BCUT2D eigenvalue weighted by atomic mass is 10.9. The quantitative estimate of drug-likeness (QED) is 0.573. The van der Waals surface area contributed by atoms with E-state index < -0.39 is 10.0 Å². The van der Waals surface area contributed by atoms with Crippen LogP contribution in [0.5, 0.6) is 0 Å². The Morgan fingerprint density at radius 1 is 1.89 bits per heavy atom. The molecule has 50 valence electrons. The largest absolute Gasteiger partial charge is 0.326 e. The van der Waals surface area contributed by atoms with Crippen molar-refractivity contribution in [3.8, 4) is 0 Å². The van der Waals surface area contributed by atoms with Crippen LogP contribution < -0.4 is 0 Å². The Labute approximate surface area is 59.6 Å². The molecule has 0 saturated heterocycles. The maximum atomic E-state index is 10.5. The molecule has 0 aromatic carbocycles. The van der Waals surface area contributed by atoms with Crippen LogP contribution in [0.4, 0.5) is 0 Å². The summed E-state index contributed by atoms with van der Waals surface area (Å²) in [5.41, 5.74) is 0. The number of hydrogen-bond donors (Lipinski definition) is 0. The molecule has 1 unspecified atom stereocenters. The van der Waals surface area contributed by atoms with E-state index >= 15 is 0 Å². The van der Waals surface area contributed by atoms with Crippen LogP contribution in [0.2, 0.25) is 0 Å². The molecule has 0 spiro atoms. The Hall–Kier alpha value is -0.350. The van der Waals surface area contributed by atoms with E-state index in [0.717, 1.165) is 0 Å². The van der Waals surface area contributed by atoms with Gasteiger partial charge in [-0.05, 0) is 10.7 Å². The third-order valence-corrected chi connectivity index (χ3v) is 2.02. The van der Waals surface area contributed by atoms with Crippen molar-refractivity contribution < 1.29 is 4.21 Å². The van der Waals surface area contributed by atoms with Gasteiger partial charge in [-0.15, -0.1) is 0 Å². The number of imidazole rings is 1. The second-order valence-corrected chi connectivity index (χ2v) is 3.20. The number of aryl methyl sites for hydroxylation is 1. The van der Waals surface area contributed by atoms with E-state index in [9.17, 15) is 4.21 Å². The number of hydrogen-bond acceptors (Lipinski definition) is 2. The van der Waals surface area contributed by atoms with Gasteiger partial charge < -0.3 is 4.57 Å². The zero-order valence-electron chi connectivity index (χ0n) is 4.74. The molecule has 0 aliphatic carbocycles. The fourth-order valence-electron chi connectivity index (χ4n) is 0.507. The lowest BCUT2D eigenvalue weighted by Gasteiger charge is -1.91. The Morgan fingerprint density at radius 2 is 2.56 bits per heavy atom. The van der Waals surface area contributed by atoms with Crippen LogP contribution in [0.3, 0.4) is 0 Å². The normalized spacial score (nSPS) is 13.6. The summed E-state index contributed by atoms with van der Waals surface area (Å²) >= 11 is 0. The summed E-state index contributed by atoms with van der Waals surface area (Å²) in [6.45, 7) is 0. The van der Waals surface area contributed by atoms with Gasteiger partial charge in [-0.25, -0.2) is 9.19 Å². The maximum absolute atomic E-state index is 10.5. The molecule has 0 radical (unpaired) electrons. The number of nitrogens with zero attached hydrogens (tertiary/aromatic N) is 2. The van der Waals surface area contributed by atoms with Crippen molar-refractivity contribution in [2.75, 3.05) is 0 Å². The van der Waals surface area contributed by atoms with Crippen LogP contribution in [0.25, 0.3) is 0 Å². The molecule has 0 saturated carbocycles. The first-order chi connectivity index (χ1) is 4.22. The van der Waals surface area contributed by atoms with Gasteiger partial charge in [0.25, 0.3) is 0 Å². The molecular formula is C4H5ClN2OS. The van der Waals surface area contributed by atoms with Gasteiger partial charge in [-0.1, -0.05) is 0 Å². The molecule has 0 N–H and O–H groups in total. The highest BCUT2D eigenvalue weighted by Gasteiger charge is 2.03. The van der Waals surface area contributed by atoms with Crippen molar-refractivity contribution in [2.45, 2.75) is 5.16 Å². The third-order valence-electron chi connectivity index (χ3n) is 0.921. The Morgan fingerprint density at radius 3 is 2.78 bits per heavy atom. The maximum Gasteiger partial charge on any atom is 0.214 e. The number of aromatic nitrogens is 2. The zero-order valence-corrected chi connectivity index (χ0v) is 6.32. The third kappa shape index (κ3) is 1.31. The fourth-order valence-corrected chi connectivity index (χ4v) is 1.38. The van der Waals surface area contributed by atoms with Crippen molar-refractivity contribution in [2.24, 2.45) is 7.05 Å². The van der Waals surface area contributed by atoms with E-state index in [2.05, 4.69) is 4.98 Å². The van der Waals surface area contributed by atoms with Crippen molar-refractivity contribution in [3.63, 3.8) is 0 Å². The lowest BCUT2D eigenvalue weighted by molar-refractivity contribution is 0.674. The highest BCUT2D eigenvalue weighted by molar-refractivity contribution is 8.08. The topological polar surface area (TPSA) is 34.9 Å². The van der Waals surface area contributed by atoms with Gasteiger partial charge >= 0.3 is 0 Å². The monoisotopic (exact) mass is 164 g/mol. The van der Waals surface area contributed by atoms with Crippen LogP contribution in [0.1, 0.15) is 0 Å². The number of rotatable bonds is 1. The van der Waals surface area contributed by atoms with E-state index in [-0.39, 0.29) is 0 Å². The summed E-state index contributed by atoms with van der Waals surface area (Å²) in [6, 6.07) is 0. The molecule has 9 heavy (non-hydrogen) atoms. The van der Waals surface area contributed by atoms with Crippen LogP contribution in [0.15, 0.2) is 17.6 Å². The van der Waals surface area contributed by atoms with E-state index in [4.69, 9.17) is 10.7 Å². The summed E-state index contributed by atoms with van der Waals surface area (Å²) in [5.74, 6) is 0. The predicted octanol–water partition coefficient (Wildman–Crippen LogP) is 0.681. The predicted molar refractivity (Wildman–Crippen MR) is 35.5 cm³/mol. The van der Waals surface area contributed by atoms with Gasteiger partial charge in [0.2, 0.25) is 5.16 Å². The smallest absolute Gasteiger partial charge is 0.214 e. The summed E-state index contributed by atoms with van der Waals surface area (Å²) < 4.78 is 12.1. The van der Waals surface area contributed by atoms with Gasteiger partial charge in [0, 0.05) is 19.4 Å². The molecule has 0 bridgehead atoms. The van der Waals surface area contributed by atoms with E-state index in [0.29, 0.717) is 5.16 Å². The second kappa shape index (κ2) is 2.49. The van der Waals surface area contributed by atoms with Gasteiger partial charge in [-0.2, -0.15) is 0 Å². The van der Waals surface area contributed by atoms with Gasteiger partial charge in [0.15, 0.2) is 10.0 Å². The molecule has 0 amide bonds. The molecule has 0 aliphatic heterocycles. The minimum atomic E-state index is -1.49. The minimum Gasteiger partial charge on any atom is -0.326 e. The first-order valence-corrected chi connectivity index (χ1v) is 4.25. The zero-order chi connectivity index (χ0) is 6.85. The number of halogens is 1. The highest BCUT2D eigenvalue weighted by atomic mass is 35.7. The van der Waals surface area contributed by atoms with Gasteiger partial charge in [-0.3, -0.25) is 0 Å². The average Bonchev–Trinajstić information content (AvgIpc) is 2.13. The first-order valence-electron chi connectivity index (χ1n) is 2.27. The van der Waals surface area contributed by atoms with Gasteiger partial charge in [0.05, 0.1) is 0 Å². The highest BCUT2D eigenvalue weighted by Crippen LogP contribution is 2.03. The second-order valence-electron chi connectivity index (χ2n) is 1.54. The molecule has 1 atom stereocenters. The first kappa shape index (κ1) is 6.77. The SMILES string of the molecule is Cn1ccnc1S(=O)Cl. The van der Waals surface area contributed by atoms with E-state index in [1.54, 1.807) is 24.0 Å². The van der Waals surface area contributed by atoms with E-state index in [1.807, 2.05) is 0 Å². The summed E-state index contributed by atoms with van der Waals surface area (Å²) in [6.07, 6.45) is 3.24. The van der Waals surface area contributed by atoms with Gasteiger partial charge in [0.1, 0.15) is 0 Å². The van der Waals surface area contributed by atoms with Crippen LogP contribution in [-0.2, 0) is 17.1 Å². The average molecular weight is 165 g/mol. The summed E-state index contributed by atoms with van der Waals surface area (Å²) in [7, 11) is 5.49. The van der Waals surface area contributed by atoms with Crippen molar-refractivity contribution >= 4 is 20.7 Å². The fraction of sp³-hybridized carbons (Fsp3) is 0.250. The molecule has 0 fully saturated rings. The molecule has 1 aromatic heterocycles. The van der Waals surface area contributed by atoms with Crippen molar-refractivity contribution in [1.29, 1.82) is 0 Å². The molecule has 1 aromatic rings. The Bertz CT molecular complexity index is 234. The van der Waals surface area contributed by atoms with Crippen LogP contribution >= 0.6 is 10.7 Å². The summed E-state index contributed by atoms with van der Waals surface area (Å²) in [5, 5.41) is 0.386. The molecule has 5 heteroatoms. The molecule has 0 aliphatic rings. The Balaban J connectivity index is 3.08. The lowest BCUT2D eigenvalue weighted by Crippen LogP contribution is -1.94. The van der Waals surface area contributed by atoms with Crippen molar-refractivity contribution in [1.82, 2.24) is 9.55 Å². The molecular weight excluding hydrogens is 160 g/mol. The van der Waals surface area contributed by atoms with E-state index in [1.165, 1.54) is 0 Å². The molecule has 1 heterocycles. The van der Waals surface area contributed by atoms with Crippen molar-refractivity contribution in [3.05, 3.63) is 12.4 Å². The minimum absolute atomic E-state index is 0.386. The standard InChI is InChI=1S/C4H5ClN2OS/c1-7-3-2-6-4(7)9(5)8/h2-3H,1H3. The Kier molecular flexibility index (Phi) is 1.87. The molecule has 3 nitrogen and oxygen atoms in total.